The minimum atomic E-state index is -0.983. The molecule has 0 aromatic heterocycles. The molecule has 1 N–H and O–H groups in total. The Balaban J connectivity index is 2.19. The van der Waals surface area contributed by atoms with E-state index in [1.54, 1.807) is 20.8 Å². The molecule has 122 valence electrons. The minimum absolute atomic E-state index is 0.129. The van der Waals surface area contributed by atoms with Crippen molar-refractivity contribution in [1.29, 1.82) is 0 Å². The smallest absolute Gasteiger partial charge is 0.307 e. The van der Waals surface area contributed by atoms with E-state index in [1.165, 1.54) is 0 Å². The molecule has 4 heteroatoms. The quantitative estimate of drug-likeness (QED) is 0.852. The summed E-state index contributed by atoms with van der Waals surface area (Å²) in [7, 11) is 0. The topological polar surface area (TPSA) is 63.6 Å². The second kappa shape index (κ2) is 6.82. The molecule has 2 aromatic carbocycles. The molecule has 0 aliphatic heterocycles. The first kappa shape index (κ1) is 17.0. The number of benzene rings is 2. The number of carboxylic acid groups (broad SMARTS) is 1. The fourth-order valence-corrected chi connectivity index (χ4v) is 2.57. The van der Waals surface area contributed by atoms with Crippen LogP contribution in [-0.4, -0.2) is 22.6 Å². The predicted molar refractivity (Wildman–Crippen MR) is 89.2 cm³/mol. The Bertz CT molecular complexity index is 707. The van der Waals surface area contributed by atoms with Crippen molar-refractivity contribution in [2.75, 3.05) is 0 Å². The van der Waals surface area contributed by atoms with E-state index in [0.717, 1.165) is 16.3 Å². The van der Waals surface area contributed by atoms with E-state index in [9.17, 15) is 14.7 Å². The van der Waals surface area contributed by atoms with Crippen LogP contribution in [0.3, 0.4) is 0 Å². The van der Waals surface area contributed by atoms with E-state index in [2.05, 4.69) is 0 Å². The molecule has 0 bridgehead atoms. The number of hydrogen-bond donors (Lipinski definition) is 1. The van der Waals surface area contributed by atoms with Gasteiger partial charge in [-0.15, -0.1) is 0 Å². The first-order valence-electron chi connectivity index (χ1n) is 7.67. The number of aliphatic carboxylic acids is 1. The van der Waals surface area contributed by atoms with Gasteiger partial charge in [0, 0.05) is 0 Å². The molecule has 0 aliphatic rings. The first-order chi connectivity index (χ1) is 10.8. The van der Waals surface area contributed by atoms with Crippen LogP contribution in [0.15, 0.2) is 42.5 Å². The number of hydrogen-bond acceptors (Lipinski definition) is 3. The Hall–Kier alpha value is -2.36. The van der Waals surface area contributed by atoms with Crippen LogP contribution in [0.25, 0.3) is 10.8 Å². The second-order valence-corrected chi connectivity index (χ2v) is 6.67. The SMILES string of the molecule is CC(C)(C)OC(=O)C[C@H](Cc1cccc2ccccc12)C(=O)O. The molecule has 0 radical (unpaired) electrons. The lowest BCUT2D eigenvalue weighted by molar-refractivity contribution is -0.159. The molecule has 0 spiro atoms. The van der Waals surface area contributed by atoms with Gasteiger partial charge in [0.05, 0.1) is 12.3 Å². The van der Waals surface area contributed by atoms with E-state index in [0.29, 0.717) is 6.42 Å². The zero-order valence-electron chi connectivity index (χ0n) is 13.7. The summed E-state index contributed by atoms with van der Waals surface area (Å²) in [5.74, 6) is -2.26. The van der Waals surface area contributed by atoms with Gasteiger partial charge >= 0.3 is 11.9 Å². The average Bonchev–Trinajstić information content (AvgIpc) is 2.44. The Morgan fingerprint density at radius 3 is 2.39 bits per heavy atom. The van der Waals surface area contributed by atoms with Gasteiger partial charge in [0.15, 0.2) is 0 Å². The standard InChI is InChI=1S/C19H22O4/c1-19(2,3)23-17(20)12-15(18(21)22)11-14-9-6-8-13-7-4-5-10-16(13)14/h4-10,15H,11-12H2,1-3H3,(H,21,22)/t15-/m0/s1. The van der Waals surface area contributed by atoms with Crippen LogP contribution >= 0.6 is 0 Å². The van der Waals surface area contributed by atoms with Crippen LogP contribution in [0.2, 0.25) is 0 Å². The summed E-state index contributed by atoms with van der Waals surface area (Å²) in [4.78, 5) is 23.5. The molecule has 0 amide bonds. The first-order valence-corrected chi connectivity index (χ1v) is 7.67. The number of fused-ring (bicyclic) bond motifs is 1. The third-order valence-corrected chi connectivity index (χ3v) is 3.53. The van der Waals surface area contributed by atoms with Gasteiger partial charge in [0.1, 0.15) is 5.60 Å². The summed E-state index contributed by atoms with van der Waals surface area (Å²) in [6, 6.07) is 13.6. The monoisotopic (exact) mass is 314 g/mol. The van der Waals surface area contributed by atoms with Crippen LogP contribution < -0.4 is 0 Å². The molecule has 0 heterocycles. The summed E-state index contributed by atoms with van der Waals surface area (Å²) in [5, 5.41) is 11.5. The van der Waals surface area contributed by atoms with Crippen LogP contribution in [-0.2, 0) is 20.7 Å². The molecular formula is C19H22O4. The van der Waals surface area contributed by atoms with Gasteiger partial charge in [0.2, 0.25) is 0 Å². The molecule has 2 rings (SSSR count). The number of carbonyl (C=O) groups excluding carboxylic acids is 1. The maximum atomic E-state index is 11.9. The average molecular weight is 314 g/mol. The van der Waals surface area contributed by atoms with Crippen molar-refractivity contribution in [2.24, 2.45) is 5.92 Å². The van der Waals surface area contributed by atoms with Gasteiger partial charge in [0.25, 0.3) is 0 Å². The molecular weight excluding hydrogens is 292 g/mol. The van der Waals surface area contributed by atoms with Gasteiger partial charge in [-0.2, -0.15) is 0 Å². The molecule has 2 aromatic rings. The molecule has 4 nitrogen and oxygen atoms in total. The van der Waals surface area contributed by atoms with E-state index in [-0.39, 0.29) is 6.42 Å². The van der Waals surface area contributed by atoms with Crippen LogP contribution in [0.4, 0.5) is 0 Å². The van der Waals surface area contributed by atoms with Crippen molar-refractivity contribution >= 4 is 22.7 Å². The molecule has 0 unspecified atom stereocenters. The number of ether oxygens (including phenoxy) is 1. The highest BCUT2D eigenvalue weighted by molar-refractivity contribution is 5.86. The Kier molecular flexibility index (Phi) is 5.04. The van der Waals surface area contributed by atoms with Gasteiger partial charge < -0.3 is 9.84 Å². The summed E-state index contributed by atoms with van der Waals surface area (Å²) in [5.41, 5.74) is 0.318. The third-order valence-electron chi connectivity index (χ3n) is 3.53. The predicted octanol–water partition coefficient (Wildman–Crippen LogP) is 3.81. The van der Waals surface area contributed by atoms with E-state index in [4.69, 9.17) is 4.74 Å². The third kappa shape index (κ3) is 4.81. The zero-order chi connectivity index (χ0) is 17.0. The van der Waals surface area contributed by atoms with Crippen molar-refractivity contribution in [3.63, 3.8) is 0 Å². The molecule has 0 saturated carbocycles. The highest BCUT2D eigenvalue weighted by atomic mass is 16.6. The fraction of sp³-hybridized carbons (Fsp3) is 0.368. The summed E-state index contributed by atoms with van der Waals surface area (Å²) >= 11 is 0. The zero-order valence-corrected chi connectivity index (χ0v) is 13.7. The van der Waals surface area contributed by atoms with Crippen LogP contribution in [0.1, 0.15) is 32.8 Å². The van der Waals surface area contributed by atoms with Crippen molar-refractivity contribution in [1.82, 2.24) is 0 Å². The number of esters is 1. The van der Waals surface area contributed by atoms with Crippen molar-refractivity contribution in [3.8, 4) is 0 Å². The van der Waals surface area contributed by atoms with Crippen molar-refractivity contribution in [2.45, 2.75) is 39.2 Å². The highest BCUT2D eigenvalue weighted by Gasteiger charge is 2.25. The lowest BCUT2D eigenvalue weighted by atomic mass is 9.93. The van der Waals surface area contributed by atoms with E-state index < -0.39 is 23.5 Å². The van der Waals surface area contributed by atoms with Gasteiger partial charge in [-0.25, -0.2) is 0 Å². The van der Waals surface area contributed by atoms with Crippen LogP contribution in [0.5, 0.6) is 0 Å². The molecule has 23 heavy (non-hydrogen) atoms. The van der Waals surface area contributed by atoms with Crippen molar-refractivity contribution < 1.29 is 19.4 Å². The van der Waals surface area contributed by atoms with Gasteiger partial charge in [-0.3, -0.25) is 9.59 Å². The second-order valence-electron chi connectivity index (χ2n) is 6.67. The number of carbonyl (C=O) groups is 2. The lowest BCUT2D eigenvalue weighted by Crippen LogP contribution is -2.28. The Labute approximate surface area is 136 Å². The highest BCUT2D eigenvalue weighted by Crippen LogP contribution is 2.23. The molecule has 0 fully saturated rings. The van der Waals surface area contributed by atoms with E-state index in [1.807, 2.05) is 42.5 Å². The normalized spacial score (nSPS) is 12.8. The maximum Gasteiger partial charge on any atom is 0.307 e. The number of rotatable bonds is 5. The largest absolute Gasteiger partial charge is 0.481 e. The van der Waals surface area contributed by atoms with Crippen LogP contribution in [0, 0.1) is 5.92 Å². The Morgan fingerprint density at radius 1 is 1.09 bits per heavy atom. The summed E-state index contributed by atoms with van der Waals surface area (Å²) in [6.45, 7) is 5.31. The molecule has 1 atom stereocenters. The summed E-state index contributed by atoms with van der Waals surface area (Å²) < 4.78 is 5.24. The molecule has 0 saturated heterocycles. The summed E-state index contributed by atoms with van der Waals surface area (Å²) in [6.07, 6.45) is 0.172. The molecule has 0 aliphatic carbocycles. The van der Waals surface area contributed by atoms with Crippen molar-refractivity contribution in [3.05, 3.63) is 48.0 Å². The van der Waals surface area contributed by atoms with Gasteiger partial charge in [-0.05, 0) is 43.5 Å². The van der Waals surface area contributed by atoms with Gasteiger partial charge in [-0.1, -0.05) is 42.5 Å². The van der Waals surface area contributed by atoms with E-state index >= 15 is 0 Å². The minimum Gasteiger partial charge on any atom is -0.481 e. The number of carboxylic acids is 1. The Morgan fingerprint density at radius 2 is 1.74 bits per heavy atom. The lowest BCUT2D eigenvalue weighted by Gasteiger charge is -2.21. The maximum absolute atomic E-state index is 11.9. The fourth-order valence-electron chi connectivity index (χ4n) is 2.57.